The molecule has 0 saturated heterocycles. The minimum Gasteiger partial charge on any atom is -0.350 e. The minimum atomic E-state index is -3.79. The van der Waals surface area contributed by atoms with E-state index in [2.05, 4.69) is 10.0 Å². The van der Waals surface area contributed by atoms with Crippen LogP contribution in [0.15, 0.2) is 65.6 Å². The fraction of sp³-hybridized carbons (Fsp3) is 0.316. The molecule has 1 atom stereocenters. The van der Waals surface area contributed by atoms with Crippen molar-refractivity contribution in [1.82, 2.24) is 10.0 Å². The zero-order valence-corrected chi connectivity index (χ0v) is 15.5. The molecule has 2 aromatic rings. The average Bonchev–Trinajstić information content (AvgIpc) is 2.54. The lowest BCUT2D eigenvalue weighted by atomic mass is 10.0. The minimum absolute atomic E-state index is 0.136. The van der Waals surface area contributed by atoms with E-state index in [9.17, 15) is 13.2 Å². The molecule has 0 aliphatic heterocycles. The van der Waals surface area contributed by atoms with Crippen molar-refractivity contribution in [2.75, 3.05) is 0 Å². The van der Waals surface area contributed by atoms with Crippen LogP contribution >= 0.6 is 0 Å². The van der Waals surface area contributed by atoms with Gasteiger partial charge in [-0.1, -0.05) is 48.5 Å². The summed E-state index contributed by atoms with van der Waals surface area (Å²) in [6.07, 6.45) is 0.273. The first kappa shape index (κ1) is 19.1. The van der Waals surface area contributed by atoms with Crippen molar-refractivity contribution in [2.45, 2.75) is 43.7 Å². The van der Waals surface area contributed by atoms with Gasteiger partial charge in [-0.2, -0.15) is 4.72 Å². The van der Waals surface area contributed by atoms with Crippen LogP contribution in [0.5, 0.6) is 0 Å². The number of nitrogens with one attached hydrogen (secondary N) is 2. The Hall–Kier alpha value is -2.18. The van der Waals surface area contributed by atoms with Gasteiger partial charge in [-0.25, -0.2) is 8.42 Å². The molecule has 0 spiro atoms. The second-order valence-corrected chi connectivity index (χ2v) is 8.63. The molecule has 1 amide bonds. The first-order valence-corrected chi connectivity index (χ1v) is 9.59. The van der Waals surface area contributed by atoms with E-state index in [-0.39, 0.29) is 17.2 Å². The van der Waals surface area contributed by atoms with Crippen LogP contribution in [0.4, 0.5) is 0 Å². The third-order valence-electron chi connectivity index (χ3n) is 3.45. The van der Waals surface area contributed by atoms with E-state index in [0.29, 0.717) is 0 Å². The van der Waals surface area contributed by atoms with Crippen LogP contribution in [0.2, 0.25) is 0 Å². The van der Waals surface area contributed by atoms with Crippen molar-refractivity contribution in [3.05, 3.63) is 66.2 Å². The van der Waals surface area contributed by atoms with E-state index in [0.717, 1.165) is 5.56 Å². The van der Waals surface area contributed by atoms with Gasteiger partial charge in [0, 0.05) is 5.54 Å². The van der Waals surface area contributed by atoms with Crippen LogP contribution < -0.4 is 10.0 Å². The summed E-state index contributed by atoms with van der Waals surface area (Å²) >= 11 is 0. The standard InChI is InChI=1S/C19H24N2O3S/c1-19(2,3)20-18(22)17(14-15-10-6-4-7-11-15)21-25(23,24)16-12-8-5-9-13-16/h4-13,17,21H,14H2,1-3H3,(H,20,22)/t17-/m0/s1. The molecule has 0 radical (unpaired) electrons. The molecule has 0 fully saturated rings. The lowest BCUT2D eigenvalue weighted by molar-refractivity contribution is -0.124. The number of carbonyl (C=O) groups is 1. The van der Waals surface area contributed by atoms with Gasteiger partial charge < -0.3 is 5.32 Å². The number of rotatable bonds is 6. The van der Waals surface area contributed by atoms with Crippen LogP contribution in [-0.2, 0) is 21.2 Å². The van der Waals surface area contributed by atoms with Crippen molar-refractivity contribution in [3.63, 3.8) is 0 Å². The van der Waals surface area contributed by atoms with Gasteiger partial charge >= 0.3 is 0 Å². The second-order valence-electron chi connectivity index (χ2n) is 6.92. The fourth-order valence-electron chi connectivity index (χ4n) is 2.35. The van der Waals surface area contributed by atoms with Gasteiger partial charge in [-0.15, -0.1) is 0 Å². The largest absolute Gasteiger partial charge is 0.350 e. The lowest BCUT2D eigenvalue weighted by Gasteiger charge is -2.25. The summed E-state index contributed by atoms with van der Waals surface area (Å²) in [5.41, 5.74) is 0.428. The van der Waals surface area contributed by atoms with Gasteiger partial charge in [0.25, 0.3) is 0 Å². The van der Waals surface area contributed by atoms with E-state index in [1.807, 2.05) is 51.1 Å². The monoisotopic (exact) mass is 360 g/mol. The van der Waals surface area contributed by atoms with Crippen molar-refractivity contribution in [2.24, 2.45) is 0 Å². The normalized spacial score (nSPS) is 13.2. The highest BCUT2D eigenvalue weighted by Gasteiger charge is 2.28. The smallest absolute Gasteiger partial charge is 0.241 e. The third-order valence-corrected chi connectivity index (χ3v) is 4.94. The summed E-state index contributed by atoms with van der Waals surface area (Å²) in [6, 6.07) is 16.5. The van der Waals surface area contributed by atoms with Crippen LogP contribution in [-0.4, -0.2) is 25.9 Å². The predicted octanol–water partition coefficient (Wildman–Crippen LogP) is 2.49. The Kier molecular flexibility index (Phi) is 5.98. The molecule has 0 aromatic heterocycles. The molecule has 134 valence electrons. The number of hydrogen-bond acceptors (Lipinski definition) is 3. The number of benzene rings is 2. The Bertz CT molecular complexity index is 798. The Morgan fingerprint density at radius 2 is 1.48 bits per heavy atom. The summed E-state index contributed by atoms with van der Waals surface area (Å²) in [6.45, 7) is 5.57. The highest BCUT2D eigenvalue weighted by molar-refractivity contribution is 7.89. The number of hydrogen-bond donors (Lipinski definition) is 2. The molecule has 0 aliphatic rings. The molecule has 2 N–H and O–H groups in total. The third kappa shape index (κ3) is 5.99. The van der Waals surface area contributed by atoms with Crippen LogP contribution in [0.25, 0.3) is 0 Å². The van der Waals surface area contributed by atoms with Gasteiger partial charge in [0.1, 0.15) is 6.04 Å². The first-order chi connectivity index (χ1) is 11.7. The summed E-state index contributed by atoms with van der Waals surface area (Å²) < 4.78 is 27.8. The molecule has 2 aromatic carbocycles. The van der Waals surface area contributed by atoms with Crippen LogP contribution in [0.3, 0.4) is 0 Å². The highest BCUT2D eigenvalue weighted by atomic mass is 32.2. The molecular formula is C19H24N2O3S. The van der Waals surface area contributed by atoms with Crippen molar-refractivity contribution in [3.8, 4) is 0 Å². The van der Waals surface area contributed by atoms with Crippen molar-refractivity contribution >= 4 is 15.9 Å². The Morgan fingerprint density at radius 3 is 2.00 bits per heavy atom. The summed E-state index contributed by atoms with van der Waals surface area (Å²) in [4.78, 5) is 12.8. The quantitative estimate of drug-likeness (QED) is 0.831. The number of carbonyl (C=O) groups excluding carboxylic acids is 1. The van der Waals surface area contributed by atoms with Gasteiger partial charge in [-0.3, -0.25) is 4.79 Å². The summed E-state index contributed by atoms with van der Waals surface area (Å²) in [5.74, 6) is -0.351. The molecule has 25 heavy (non-hydrogen) atoms. The molecule has 0 heterocycles. The molecular weight excluding hydrogens is 336 g/mol. The van der Waals surface area contributed by atoms with Gasteiger partial charge in [0.15, 0.2) is 0 Å². The van der Waals surface area contributed by atoms with E-state index in [1.54, 1.807) is 18.2 Å². The molecule has 0 bridgehead atoms. The zero-order valence-electron chi connectivity index (χ0n) is 14.7. The fourth-order valence-corrected chi connectivity index (χ4v) is 3.57. The second kappa shape index (κ2) is 7.80. The van der Waals surface area contributed by atoms with Crippen LogP contribution in [0, 0.1) is 0 Å². The van der Waals surface area contributed by atoms with Crippen LogP contribution in [0.1, 0.15) is 26.3 Å². The van der Waals surface area contributed by atoms with Gasteiger partial charge in [0.05, 0.1) is 4.90 Å². The predicted molar refractivity (Wildman–Crippen MR) is 98.6 cm³/mol. The Balaban J connectivity index is 2.26. The average molecular weight is 360 g/mol. The van der Waals surface area contributed by atoms with E-state index in [1.165, 1.54) is 12.1 Å². The highest BCUT2D eigenvalue weighted by Crippen LogP contribution is 2.12. The maximum Gasteiger partial charge on any atom is 0.241 e. The van der Waals surface area contributed by atoms with Gasteiger partial charge in [0.2, 0.25) is 15.9 Å². The molecule has 0 saturated carbocycles. The zero-order chi connectivity index (χ0) is 18.5. The van der Waals surface area contributed by atoms with Gasteiger partial charge in [-0.05, 0) is 44.9 Å². The molecule has 0 unspecified atom stereocenters. The SMILES string of the molecule is CC(C)(C)NC(=O)[C@H](Cc1ccccc1)NS(=O)(=O)c1ccccc1. The first-order valence-electron chi connectivity index (χ1n) is 8.11. The molecule has 0 aliphatic carbocycles. The van der Waals surface area contributed by atoms with Crippen molar-refractivity contribution in [1.29, 1.82) is 0 Å². The number of sulfonamides is 1. The molecule has 6 heteroatoms. The van der Waals surface area contributed by atoms with E-state index >= 15 is 0 Å². The maximum atomic E-state index is 12.6. The maximum absolute atomic E-state index is 12.6. The van der Waals surface area contributed by atoms with E-state index in [4.69, 9.17) is 0 Å². The topological polar surface area (TPSA) is 75.3 Å². The lowest BCUT2D eigenvalue weighted by Crippen LogP contribution is -2.52. The summed E-state index contributed by atoms with van der Waals surface area (Å²) in [7, 11) is -3.79. The van der Waals surface area contributed by atoms with Crippen molar-refractivity contribution < 1.29 is 13.2 Å². The summed E-state index contributed by atoms with van der Waals surface area (Å²) in [5, 5.41) is 2.85. The Morgan fingerprint density at radius 1 is 0.960 bits per heavy atom. The molecule has 2 rings (SSSR count). The number of amides is 1. The molecule has 5 nitrogen and oxygen atoms in total. The van der Waals surface area contributed by atoms with E-state index < -0.39 is 21.6 Å². The Labute approximate surface area is 149 Å².